The molecule has 1 aromatic rings. The fourth-order valence-electron chi connectivity index (χ4n) is 3.24. The molecule has 22 heavy (non-hydrogen) atoms. The van der Waals surface area contributed by atoms with Crippen molar-refractivity contribution in [3.63, 3.8) is 0 Å². The normalized spacial score (nSPS) is 27.7. The minimum absolute atomic E-state index is 0.0245. The van der Waals surface area contributed by atoms with Crippen LogP contribution in [-0.2, 0) is 6.18 Å². The van der Waals surface area contributed by atoms with Crippen LogP contribution in [0.4, 0.5) is 13.2 Å². The van der Waals surface area contributed by atoms with Gasteiger partial charge in [-0.2, -0.15) is 24.9 Å². The summed E-state index contributed by atoms with van der Waals surface area (Å²) in [6.07, 6.45) is -0.154. The molecule has 0 aliphatic carbocycles. The summed E-state index contributed by atoms with van der Waals surface area (Å²) in [6, 6.07) is 0.873. The lowest BCUT2D eigenvalue weighted by molar-refractivity contribution is -0.137. The number of Topliss-reactive ketones (excluding diaryl/α,β-unsaturated/α-hetero) is 1. The first kappa shape index (κ1) is 15.6. The van der Waals surface area contributed by atoms with Gasteiger partial charge in [-0.25, -0.2) is 4.98 Å². The Morgan fingerprint density at radius 3 is 2.50 bits per heavy atom. The topological polar surface area (TPSA) is 39.2 Å². The number of hydrogen-bond acceptors (Lipinski definition) is 4. The van der Waals surface area contributed by atoms with Gasteiger partial charge >= 0.3 is 6.18 Å². The van der Waals surface area contributed by atoms with Gasteiger partial charge in [-0.3, -0.25) is 4.79 Å². The first-order valence-corrected chi connectivity index (χ1v) is 8.13. The Balaban J connectivity index is 1.90. The quantitative estimate of drug-likeness (QED) is 0.786. The molecule has 0 spiro atoms. The molecule has 0 amide bonds. The Morgan fingerprint density at radius 1 is 1.32 bits per heavy atom. The molecule has 2 fully saturated rings. The Hall–Kier alpha value is -1.24. The van der Waals surface area contributed by atoms with E-state index < -0.39 is 11.7 Å². The summed E-state index contributed by atoms with van der Waals surface area (Å²) >= 11 is 1.91. The number of alkyl halides is 3. The highest BCUT2D eigenvalue weighted by molar-refractivity contribution is 8.00. The zero-order chi connectivity index (χ0) is 15.9. The zero-order valence-corrected chi connectivity index (χ0v) is 12.8. The maximum absolute atomic E-state index is 12.8. The Labute approximate surface area is 130 Å². The predicted octanol–water partition coefficient (Wildman–Crippen LogP) is 3.97. The summed E-state index contributed by atoms with van der Waals surface area (Å²) < 4.78 is 43.5. The monoisotopic (exact) mass is 331 g/mol. The van der Waals surface area contributed by atoms with Crippen LogP contribution in [0.2, 0.25) is 0 Å². The highest BCUT2D eigenvalue weighted by atomic mass is 32.2. The van der Waals surface area contributed by atoms with Gasteiger partial charge < -0.3 is 4.74 Å². The second kappa shape index (κ2) is 5.76. The number of thioether (sulfide) groups is 1. The number of carbonyl (C=O) groups is 1. The van der Waals surface area contributed by atoms with E-state index in [0.29, 0.717) is 16.7 Å². The molecule has 1 aromatic heterocycles. The second-order valence-electron chi connectivity index (χ2n) is 5.77. The molecule has 7 heteroatoms. The molecule has 3 rings (SSSR count). The van der Waals surface area contributed by atoms with Crippen molar-refractivity contribution < 1.29 is 22.7 Å². The number of fused-ring (bicyclic) bond motifs is 2. The van der Waals surface area contributed by atoms with Gasteiger partial charge in [0.05, 0.1) is 18.2 Å². The van der Waals surface area contributed by atoms with E-state index in [-0.39, 0.29) is 23.1 Å². The molecule has 2 aliphatic heterocycles. The number of aromatic nitrogens is 1. The summed E-state index contributed by atoms with van der Waals surface area (Å²) in [5, 5.41) is 0.912. The van der Waals surface area contributed by atoms with Crippen molar-refractivity contribution in [3.05, 3.63) is 23.4 Å². The van der Waals surface area contributed by atoms with Crippen LogP contribution in [0.3, 0.4) is 0 Å². The zero-order valence-electron chi connectivity index (χ0n) is 12.0. The molecule has 120 valence electrons. The van der Waals surface area contributed by atoms with Crippen molar-refractivity contribution in [1.82, 2.24) is 4.98 Å². The highest BCUT2D eigenvalue weighted by Crippen LogP contribution is 2.47. The number of ketones is 1. The van der Waals surface area contributed by atoms with Crippen molar-refractivity contribution in [2.24, 2.45) is 5.92 Å². The van der Waals surface area contributed by atoms with Crippen molar-refractivity contribution >= 4 is 17.5 Å². The molecule has 0 saturated carbocycles. The first-order valence-electron chi connectivity index (χ1n) is 7.19. The van der Waals surface area contributed by atoms with Crippen LogP contribution < -0.4 is 4.74 Å². The van der Waals surface area contributed by atoms with Gasteiger partial charge in [-0.1, -0.05) is 0 Å². The molecule has 0 N–H and O–H groups in total. The molecule has 2 bridgehead atoms. The van der Waals surface area contributed by atoms with Crippen molar-refractivity contribution in [2.75, 3.05) is 7.11 Å². The lowest BCUT2D eigenvalue weighted by Gasteiger charge is -2.26. The number of nitrogens with zero attached hydrogens (tertiary/aromatic N) is 1. The van der Waals surface area contributed by atoms with Crippen LogP contribution in [0.5, 0.6) is 5.88 Å². The average molecular weight is 331 g/mol. The fourth-order valence-corrected chi connectivity index (χ4v) is 5.01. The van der Waals surface area contributed by atoms with Gasteiger partial charge in [0.2, 0.25) is 5.88 Å². The summed E-state index contributed by atoms with van der Waals surface area (Å²) in [5.74, 6) is -0.519. The standard InChI is InChI=1S/C15H16F3NO2S/c1-21-14-12(6-9(7-19-14)15(16,17)18)13(20)8-4-10-2-3-11(5-8)22-10/h6-8,10-11H,2-5H2,1H3. The molecular weight excluding hydrogens is 315 g/mol. The van der Waals surface area contributed by atoms with Gasteiger partial charge in [-0.05, 0) is 31.7 Å². The molecule has 3 nitrogen and oxygen atoms in total. The molecule has 2 unspecified atom stereocenters. The molecule has 2 aliphatic rings. The van der Waals surface area contributed by atoms with Gasteiger partial charge in [-0.15, -0.1) is 0 Å². The number of ether oxygens (including phenoxy) is 1. The third-order valence-electron chi connectivity index (χ3n) is 4.30. The van der Waals surface area contributed by atoms with E-state index in [1.54, 1.807) is 0 Å². The van der Waals surface area contributed by atoms with Crippen molar-refractivity contribution in [1.29, 1.82) is 0 Å². The van der Waals surface area contributed by atoms with Gasteiger partial charge in [0.15, 0.2) is 5.78 Å². The maximum Gasteiger partial charge on any atom is 0.417 e. The molecule has 2 atom stereocenters. The average Bonchev–Trinajstić information content (AvgIpc) is 2.83. The summed E-state index contributed by atoms with van der Waals surface area (Å²) in [5.41, 5.74) is -0.960. The lowest BCUT2D eigenvalue weighted by atomic mass is 9.90. The second-order valence-corrected chi connectivity index (χ2v) is 7.37. The van der Waals surface area contributed by atoms with Crippen molar-refractivity contribution in [2.45, 2.75) is 42.4 Å². The third kappa shape index (κ3) is 2.95. The Kier molecular flexibility index (Phi) is 4.09. The number of carbonyl (C=O) groups excluding carboxylic acids is 1. The fraction of sp³-hybridized carbons (Fsp3) is 0.600. The number of pyridine rings is 1. The Bertz CT molecular complexity index is 579. The lowest BCUT2D eigenvalue weighted by Crippen LogP contribution is -2.25. The van der Waals surface area contributed by atoms with Crippen molar-refractivity contribution in [3.8, 4) is 5.88 Å². The van der Waals surface area contributed by atoms with E-state index in [9.17, 15) is 18.0 Å². The molecule has 3 heterocycles. The van der Waals surface area contributed by atoms with Crippen LogP contribution in [0.25, 0.3) is 0 Å². The van der Waals surface area contributed by atoms with E-state index in [2.05, 4.69) is 4.98 Å². The van der Waals surface area contributed by atoms with Gasteiger partial charge in [0.1, 0.15) is 0 Å². The highest BCUT2D eigenvalue weighted by Gasteiger charge is 2.39. The van der Waals surface area contributed by atoms with E-state index in [1.165, 1.54) is 7.11 Å². The van der Waals surface area contributed by atoms with Crippen LogP contribution >= 0.6 is 11.8 Å². The minimum atomic E-state index is -4.52. The number of halogens is 3. The van der Waals surface area contributed by atoms with E-state index in [0.717, 1.165) is 31.7 Å². The van der Waals surface area contributed by atoms with Crippen LogP contribution in [0.15, 0.2) is 12.3 Å². The molecule has 0 radical (unpaired) electrons. The van der Waals surface area contributed by atoms with E-state index >= 15 is 0 Å². The first-order chi connectivity index (χ1) is 10.4. The number of hydrogen-bond donors (Lipinski definition) is 0. The molecular formula is C15H16F3NO2S. The largest absolute Gasteiger partial charge is 0.480 e. The van der Waals surface area contributed by atoms with Gasteiger partial charge in [0, 0.05) is 22.6 Å². The predicted molar refractivity (Wildman–Crippen MR) is 77.2 cm³/mol. The summed E-state index contributed by atoms with van der Waals surface area (Å²) in [4.78, 5) is 16.3. The number of rotatable bonds is 3. The summed E-state index contributed by atoms with van der Waals surface area (Å²) in [6.45, 7) is 0. The molecule has 0 aromatic carbocycles. The molecule has 2 saturated heterocycles. The third-order valence-corrected chi connectivity index (χ3v) is 5.92. The van der Waals surface area contributed by atoms with E-state index in [4.69, 9.17) is 4.74 Å². The Morgan fingerprint density at radius 2 is 1.95 bits per heavy atom. The van der Waals surface area contributed by atoms with Crippen LogP contribution in [-0.4, -0.2) is 28.4 Å². The SMILES string of the molecule is COc1ncc(C(F)(F)F)cc1C(=O)C1CC2CCC(C1)S2. The van der Waals surface area contributed by atoms with Crippen LogP contribution in [0, 0.1) is 5.92 Å². The van der Waals surface area contributed by atoms with Gasteiger partial charge in [0.25, 0.3) is 0 Å². The van der Waals surface area contributed by atoms with E-state index in [1.807, 2.05) is 11.8 Å². The maximum atomic E-state index is 12.8. The number of methoxy groups -OCH3 is 1. The summed E-state index contributed by atoms with van der Waals surface area (Å²) in [7, 11) is 1.31. The minimum Gasteiger partial charge on any atom is -0.480 e. The van der Waals surface area contributed by atoms with Crippen LogP contribution in [0.1, 0.15) is 41.6 Å². The smallest absolute Gasteiger partial charge is 0.417 e.